The van der Waals surface area contributed by atoms with Crippen LogP contribution in [0.15, 0.2) is 59.7 Å². The number of alkyl halides is 3. The minimum atomic E-state index is -4.59. The van der Waals surface area contributed by atoms with Crippen molar-refractivity contribution in [1.82, 2.24) is 4.98 Å². The summed E-state index contributed by atoms with van der Waals surface area (Å²) >= 11 is 5.96. The molecule has 0 saturated carbocycles. The highest BCUT2D eigenvalue weighted by Gasteiger charge is 2.31. The maximum atomic E-state index is 14.3. The third-order valence-corrected chi connectivity index (χ3v) is 4.80. The summed E-state index contributed by atoms with van der Waals surface area (Å²) in [5, 5.41) is 3.61. The highest BCUT2D eigenvalue weighted by Crippen LogP contribution is 2.36. The minimum Gasteiger partial charge on any atom is -0.383 e. The molecule has 0 atom stereocenters. The Labute approximate surface area is 169 Å². The van der Waals surface area contributed by atoms with Gasteiger partial charge in [0, 0.05) is 30.3 Å². The van der Waals surface area contributed by atoms with Crippen molar-refractivity contribution in [2.24, 2.45) is 4.99 Å². The highest BCUT2D eigenvalue weighted by atomic mass is 35.5. The number of aromatic nitrogens is 1. The number of nitrogens with zero attached hydrogens (tertiary/aromatic N) is 2. The topological polar surface area (TPSA) is 37.3 Å². The molecule has 3 nitrogen and oxygen atoms in total. The summed E-state index contributed by atoms with van der Waals surface area (Å²) in [6.07, 6.45) is -2.34. The van der Waals surface area contributed by atoms with Gasteiger partial charge in [0.25, 0.3) is 0 Å². The molecule has 0 amide bonds. The zero-order chi connectivity index (χ0) is 20.6. The number of hydrogen-bond donors (Lipinski definition) is 1. The normalized spacial score (nSPS) is 13.9. The molecular weight excluding hydrogens is 406 g/mol. The molecule has 0 spiro atoms. The van der Waals surface area contributed by atoms with Crippen LogP contribution in [0.3, 0.4) is 0 Å². The van der Waals surface area contributed by atoms with Gasteiger partial charge in [-0.25, -0.2) is 9.37 Å². The summed E-state index contributed by atoms with van der Waals surface area (Å²) in [7, 11) is 0. The van der Waals surface area contributed by atoms with Crippen LogP contribution >= 0.6 is 11.6 Å². The van der Waals surface area contributed by atoms with Gasteiger partial charge in [0.1, 0.15) is 11.0 Å². The Bertz CT molecular complexity index is 1110. The first-order valence-electron chi connectivity index (χ1n) is 8.76. The van der Waals surface area contributed by atoms with Gasteiger partial charge in [-0.3, -0.25) is 4.99 Å². The average molecular weight is 420 g/mol. The molecule has 4 rings (SSSR count). The van der Waals surface area contributed by atoms with E-state index in [-0.39, 0.29) is 5.56 Å². The minimum absolute atomic E-state index is 0.0944. The molecule has 2 heterocycles. The van der Waals surface area contributed by atoms with Crippen molar-refractivity contribution in [1.29, 1.82) is 0 Å². The van der Waals surface area contributed by atoms with Crippen LogP contribution in [-0.4, -0.2) is 17.2 Å². The van der Waals surface area contributed by atoms with Crippen LogP contribution in [0.1, 0.15) is 17.5 Å². The van der Waals surface area contributed by atoms with Crippen molar-refractivity contribution < 1.29 is 17.6 Å². The van der Waals surface area contributed by atoms with Gasteiger partial charge in [0.05, 0.1) is 22.6 Å². The van der Waals surface area contributed by atoms with E-state index in [4.69, 9.17) is 11.6 Å². The molecule has 0 saturated heterocycles. The van der Waals surface area contributed by atoms with E-state index in [1.54, 1.807) is 30.5 Å². The monoisotopic (exact) mass is 419 g/mol. The fourth-order valence-electron chi connectivity index (χ4n) is 3.18. The number of pyridine rings is 1. The number of fused-ring (bicyclic) bond motifs is 1. The van der Waals surface area contributed by atoms with E-state index in [9.17, 15) is 17.6 Å². The first-order valence-corrected chi connectivity index (χ1v) is 9.13. The van der Waals surface area contributed by atoms with Crippen molar-refractivity contribution in [3.63, 3.8) is 0 Å². The summed E-state index contributed by atoms with van der Waals surface area (Å²) in [5.74, 6) is -0.927. The third-order valence-electron chi connectivity index (χ3n) is 4.60. The van der Waals surface area contributed by atoms with E-state index in [2.05, 4.69) is 15.3 Å². The second-order valence-electron chi connectivity index (χ2n) is 6.53. The van der Waals surface area contributed by atoms with Gasteiger partial charge < -0.3 is 5.32 Å². The number of aliphatic imine (C=N–C) groups is 1. The number of nitrogens with one attached hydrogen (secondary N) is 1. The van der Waals surface area contributed by atoms with Gasteiger partial charge in [0.2, 0.25) is 0 Å². The maximum absolute atomic E-state index is 14.3. The highest BCUT2D eigenvalue weighted by molar-refractivity contribution is 6.29. The molecule has 3 aromatic rings. The zero-order valence-electron chi connectivity index (χ0n) is 14.9. The largest absolute Gasteiger partial charge is 0.416 e. The van der Waals surface area contributed by atoms with Gasteiger partial charge in [-0.2, -0.15) is 13.2 Å². The van der Waals surface area contributed by atoms with Crippen LogP contribution in [0.2, 0.25) is 5.15 Å². The molecule has 2 aromatic carbocycles. The van der Waals surface area contributed by atoms with Crippen LogP contribution in [0.25, 0.3) is 11.1 Å². The van der Waals surface area contributed by atoms with Crippen molar-refractivity contribution in [3.8, 4) is 11.1 Å². The molecule has 1 aliphatic heterocycles. The standard InChI is InChI=1S/C21H14ClF4N3/c22-20-10-13(5-7-28-20)17-6-8-27-19-9-12(1-4-18(19)29-17)15-3-2-14(11-16(15)23)21(24,25)26/h1-5,7,9-11,27H,6,8H2. The van der Waals surface area contributed by atoms with Crippen molar-refractivity contribution in [3.05, 3.63) is 76.8 Å². The molecule has 1 N–H and O–H groups in total. The van der Waals surface area contributed by atoms with E-state index in [0.29, 0.717) is 41.1 Å². The Morgan fingerprint density at radius 1 is 0.966 bits per heavy atom. The molecule has 0 radical (unpaired) electrons. The van der Waals surface area contributed by atoms with Crippen LogP contribution < -0.4 is 5.32 Å². The van der Waals surface area contributed by atoms with Crippen LogP contribution in [0, 0.1) is 5.82 Å². The lowest BCUT2D eigenvalue weighted by Crippen LogP contribution is -2.07. The smallest absolute Gasteiger partial charge is 0.383 e. The van der Waals surface area contributed by atoms with Crippen molar-refractivity contribution >= 4 is 28.7 Å². The van der Waals surface area contributed by atoms with E-state index >= 15 is 0 Å². The SMILES string of the molecule is Fc1cc(C(F)(F)F)ccc1-c1ccc2c(c1)NCCC(c1ccnc(Cl)c1)=N2. The van der Waals surface area contributed by atoms with Crippen LogP contribution in [-0.2, 0) is 6.18 Å². The van der Waals surface area contributed by atoms with Crippen molar-refractivity contribution in [2.75, 3.05) is 11.9 Å². The second kappa shape index (κ2) is 7.48. The quantitative estimate of drug-likeness (QED) is 0.380. The molecule has 0 unspecified atom stereocenters. The molecule has 0 bridgehead atoms. The van der Waals surface area contributed by atoms with Gasteiger partial charge in [0.15, 0.2) is 0 Å². The lowest BCUT2D eigenvalue weighted by molar-refractivity contribution is -0.137. The Morgan fingerprint density at radius 2 is 1.79 bits per heavy atom. The molecule has 1 aromatic heterocycles. The fourth-order valence-corrected chi connectivity index (χ4v) is 3.35. The van der Waals surface area contributed by atoms with Gasteiger partial charge in [-0.1, -0.05) is 23.7 Å². The number of benzene rings is 2. The first-order chi connectivity index (χ1) is 13.8. The Kier molecular flexibility index (Phi) is 5.00. The predicted molar refractivity (Wildman–Crippen MR) is 105 cm³/mol. The van der Waals surface area contributed by atoms with Crippen molar-refractivity contribution in [2.45, 2.75) is 12.6 Å². The van der Waals surface area contributed by atoms with Crippen LogP contribution in [0.5, 0.6) is 0 Å². The molecule has 1 aliphatic rings. The number of hydrogen-bond acceptors (Lipinski definition) is 3. The summed E-state index contributed by atoms with van der Waals surface area (Å²) in [5.41, 5.74) is 2.56. The average Bonchev–Trinajstić information content (AvgIpc) is 2.89. The van der Waals surface area contributed by atoms with Gasteiger partial charge >= 0.3 is 6.18 Å². The molecule has 148 valence electrons. The van der Waals surface area contributed by atoms with Crippen LogP contribution in [0.4, 0.5) is 28.9 Å². The predicted octanol–water partition coefficient (Wildman–Crippen LogP) is 6.50. The Hall–Kier alpha value is -2.93. The Morgan fingerprint density at radius 3 is 2.52 bits per heavy atom. The molecular formula is C21H14ClF4N3. The molecule has 0 fully saturated rings. The summed E-state index contributed by atoms with van der Waals surface area (Å²) < 4.78 is 52.6. The number of halogens is 5. The summed E-state index contributed by atoms with van der Waals surface area (Å²) in [4.78, 5) is 8.65. The lowest BCUT2D eigenvalue weighted by Gasteiger charge is -2.11. The Balaban J connectivity index is 1.71. The fraction of sp³-hybridized carbons (Fsp3) is 0.143. The van der Waals surface area contributed by atoms with Gasteiger partial charge in [-0.05, 0) is 42.0 Å². The van der Waals surface area contributed by atoms with E-state index < -0.39 is 17.6 Å². The first kappa shape index (κ1) is 19.4. The van der Waals surface area contributed by atoms with Gasteiger partial charge in [-0.15, -0.1) is 0 Å². The number of rotatable bonds is 2. The second-order valence-corrected chi connectivity index (χ2v) is 6.91. The zero-order valence-corrected chi connectivity index (χ0v) is 15.7. The number of anilines is 1. The van der Waals surface area contributed by atoms with E-state index in [1.165, 1.54) is 0 Å². The summed E-state index contributed by atoms with van der Waals surface area (Å²) in [6.45, 7) is 0.588. The molecule has 0 aliphatic carbocycles. The van der Waals surface area contributed by atoms with E-state index in [0.717, 1.165) is 23.4 Å². The lowest BCUT2D eigenvalue weighted by atomic mass is 10.0. The third kappa shape index (κ3) is 4.10. The molecule has 29 heavy (non-hydrogen) atoms. The molecule has 8 heteroatoms. The maximum Gasteiger partial charge on any atom is 0.416 e. The summed E-state index contributed by atoms with van der Waals surface area (Å²) in [6, 6.07) is 11.1. The van der Waals surface area contributed by atoms with E-state index in [1.807, 2.05) is 6.07 Å².